The number of anilines is 1. The van der Waals surface area contributed by atoms with Crippen molar-refractivity contribution in [3.05, 3.63) is 22.7 Å². The third-order valence-electron chi connectivity index (χ3n) is 2.87. The summed E-state index contributed by atoms with van der Waals surface area (Å²) >= 11 is 5.87. The van der Waals surface area contributed by atoms with Gasteiger partial charge in [0.1, 0.15) is 0 Å². The fourth-order valence-electron chi connectivity index (χ4n) is 1.76. The van der Waals surface area contributed by atoms with Crippen molar-refractivity contribution >= 4 is 33.2 Å². The third kappa shape index (κ3) is 4.33. The molecular weight excluding hydrogens is 314 g/mol. The summed E-state index contributed by atoms with van der Waals surface area (Å²) in [5.74, 6) is -0.372. The molecular formula is C13H20ClN3O3S. The van der Waals surface area contributed by atoms with Crippen LogP contribution in [-0.2, 0) is 14.8 Å². The molecule has 1 rings (SSSR count). The number of nitrogens with zero attached hydrogens (tertiary/aromatic N) is 1. The van der Waals surface area contributed by atoms with E-state index in [2.05, 4.69) is 5.32 Å². The molecule has 3 N–H and O–H groups in total. The van der Waals surface area contributed by atoms with Crippen LogP contribution in [-0.4, -0.2) is 38.3 Å². The van der Waals surface area contributed by atoms with Crippen LogP contribution in [0.2, 0.25) is 5.02 Å². The number of carbonyl (C=O) groups is 1. The molecule has 0 aliphatic heterocycles. The van der Waals surface area contributed by atoms with Gasteiger partial charge in [0.05, 0.1) is 11.4 Å². The Labute approximate surface area is 130 Å². The zero-order chi connectivity index (χ0) is 16.4. The molecule has 0 saturated carbocycles. The summed E-state index contributed by atoms with van der Waals surface area (Å²) < 4.78 is 26.0. The Kier molecular flexibility index (Phi) is 5.61. The Hall–Kier alpha value is -1.31. The van der Waals surface area contributed by atoms with Gasteiger partial charge in [-0.05, 0) is 38.5 Å². The van der Waals surface area contributed by atoms with E-state index in [0.29, 0.717) is 11.3 Å². The Balaban J connectivity index is 3.09. The number of halogens is 1. The first-order chi connectivity index (χ1) is 9.55. The first-order valence-electron chi connectivity index (χ1n) is 6.37. The maximum atomic E-state index is 12.5. The Morgan fingerprint density at radius 2 is 2.00 bits per heavy atom. The Morgan fingerprint density at radius 3 is 2.52 bits per heavy atom. The quantitative estimate of drug-likeness (QED) is 0.796. The van der Waals surface area contributed by atoms with E-state index in [1.807, 2.05) is 0 Å². The standard InChI is InChI=1S/C13H20ClN3O3S/c1-8(2)16-13(18)7-17(4)21(19,20)12-6-10(14)5-11(15)9(12)3/h5-6,8H,7,15H2,1-4H3,(H,16,18). The van der Waals surface area contributed by atoms with E-state index in [0.717, 1.165) is 4.31 Å². The number of rotatable bonds is 5. The van der Waals surface area contributed by atoms with Crippen molar-refractivity contribution in [3.8, 4) is 0 Å². The van der Waals surface area contributed by atoms with Crippen LogP contribution in [0.4, 0.5) is 5.69 Å². The van der Waals surface area contributed by atoms with Crippen LogP contribution >= 0.6 is 11.6 Å². The van der Waals surface area contributed by atoms with E-state index in [-0.39, 0.29) is 28.4 Å². The van der Waals surface area contributed by atoms with Crippen molar-refractivity contribution in [1.29, 1.82) is 0 Å². The molecule has 118 valence electrons. The van der Waals surface area contributed by atoms with Crippen molar-refractivity contribution in [3.63, 3.8) is 0 Å². The van der Waals surface area contributed by atoms with Gasteiger partial charge < -0.3 is 11.1 Å². The molecule has 0 aliphatic carbocycles. The summed E-state index contributed by atoms with van der Waals surface area (Å²) in [5, 5.41) is 2.87. The van der Waals surface area contributed by atoms with Gasteiger partial charge >= 0.3 is 0 Å². The van der Waals surface area contributed by atoms with Crippen LogP contribution in [0, 0.1) is 6.92 Å². The maximum absolute atomic E-state index is 12.5. The molecule has 1 aromatic carbocycles. The van der Waals surface area contributed by atoms with Crippen molar-refractivity contribution < 1.29 is 13.2 Å². The molecule has 0 atom stereocenters. The number of carbonyl (C=O) groups excluding carboxylic acids is 1. The van der Waals surface area contributed by atoms with Gasteiger partial charge in [0.2, 0.25) is 15.9 Å². The first-order valence-corrected chi connectivity index (χ1v) is 8.18. The van der Waals surface area contributed by atoms with Crippen LogP contribution in [0.5, 0.6) is 0 Å². The second-order valence-electron chi connectivity index (χ2n) is 5.10. The number of hydrogen-bond donors (Lipinski definition) is 2. The molecule has 6 nitrogen and oxygen atoms in total. The van der Waals surface area contributed by atoms with Crippen LogP contribution in [0.25, 0.3) is 0 Å². The number of nitrogens with two attached hydrogens (primary N) is 1. The lowest BCUT2D eigenvalue weighted by molar-refractivity contribution is -0.121. The summed E-state index contributed by atoms with van der Waals surface area (Å²) in [4.78, 5) is 11.7. The predicted octanol–water partition coefficient (Wildman–Crippen LogP) is 1.38. The lowest BCUT2D eigenvalue weighted by atomic mass is 10.2. The highest BCUT2D eigenvalue weighted by molar-refractivity contribution is 7.89. The summed E-state index contributed by atoms with van der Waals surface area (Å²) in [6.07, 6.45) is 0. The van der Waals surface area contributed by atoms with Gasteiger partial charge in [-0.2, -0.15) is 4.31 Å². The van der Waals surface area contributed by atoms with E-state index in [9.17, 15) is 13.2 Å². The van der Waals surface area contributed by atoms with Crippen LogP contribution in [0.1, 0.15) is 19.4 Å². The molecule has 1 aromatic rings. The molecule has 8 heteroatoms. The van der Waals surface area contributed by atoms with Crippen molar-refractivity contribution in [2.24, 2.45) is 0 Å². The maximum Gasteiger partial charge on any atom is 0.243 e. The summed E-state index contributed by atoms with van der Waals surface area (Å²) in [6, 6.07) is 2.76. The van der Waals surface area contributed by atoms with E-state index in [1.165, 1.54) is 19.2 Å². The second-order valence-corrected chi connectivity index (χ2v) is 7.55. The fraction of sp³-hybridized carbons (Fsp3) is 0.462. The zero-order valence-corrected chi connectivity index (χ0v) is 14.0. The van der Waals surface area contributed by atoms with E-state index in [1.54, 1.807) is 20.8 Å². The minimum absolute atomic E-state index is 0.00680. The Bertz CT molecular complexity index is 644. The topological polar surface area (TPSA) is 92.5 Å². The molecule has 0 heterocycles. The minimum Gasteiger partial charge on any atom is -0.398 e. The third-order valence-corrected chi connectivity index (χ3v) is 5.02. The van der Waals surface area contributed by atoms with E-state index in [4.69, 9.17) is 17.3 Å². The smallest absolute Gasteiger partial charge is 0.243 e. The highest BCUT2D eigenvalue weighted by Gasteiger charge is 2.26. The summed E-state index contributed by atoms with van der Waals surface area (Å²) in [7, 11) is -2.50. The monoisotopic (exact) mass is 333 g/mol. The lowest BCUT2D eigenvalue weighted by Crippen LogP contribution is -2.41. The molecule has 0 spiro atoms. The van der Waals surface area contributed by atoms with Gasteiger partial charge in [-0.15, -0.1) is 0 Å². The molecule has 21 heavy (non-hydrogen) atoms. The molecule has 0 unspecified atom stereocenters. The average Bonchev–Trinajstić information content (AvgIpc) is 2.32. The number of hydrogen-bond acceptors (Lipinski definition) is 4. The molecule has 0 radical (unpaired) electrons. The van der Waals surface area contributed by atoms with Crippen molar-refractivity contribution in [2.75, 3.05) is 19.3 Å². The van der Waals surface area contributed by atoms with Crippen LogP contribution in [0.3, 0.4) is 0 Å². The summed E-state index contributed by atoms with van der Waals surface area (Å²) in [5.41, 5.74) is 6.44. The minimum atomic E-state index is -3.84. The largest absolute Gasteiger partial charge is 0.398 e. The van der Waals surface area contributed by atoms with Gasteiger partial charge in [0.25, 0.3) is 0 Å². The molecule has 0 fully saturated rings. The number of sulfonamides is 1. The van der Waals surface area contributed by atoms with Gasteiger partial charge in [0.15, 0.2) is 0 Å². The highest BCUT2D eigenvalue weighted by Crippen LogP contribution is 2.27. The molecule has 1 amide bonds. The predicted molar refractivity (Wildman–Crippen MR) is 83.7 cm³/mol. The van der Waals surface area contributed by atoms with Crippen molar-refractivity contribution in [2.45, 2.75) is 31.7 Å². The zero-order valence-electron chi connectivity index (χ0n) is 12.5. The van der Waals surface area contributed by atoms with E-state index < -0.39 is 10.0 Å². The van der Waals surface area contributed by atoms with Crippen molar-refractivity contribution in [1.82, 2.24) is 9.62 Å². The average molecular weight is 334 g/mol. The highest BCUT2D eigenvalue weighted by atomic mass is 35.5. The Morgan fingerprint density at radius 1 is 1.43 bits per heavy atom. The lowest BCUT2D eigenvalue weighted by Gasteiger charge is -2.19. The van der Waals surface area contributed by atoms with Crippen LogP contribution < -0.4 is 11.1 Å². The first kappa shape index (κ1) is 17.7. The normalized spacial score (nSPS) is 12.0. The number of likely N-dealkylation sites (N-methyl/N-ethyl adjacent to an activating group) is 1. The van der Waals surface area contributed by atoms with Gasteiger partial charge in [0, 0.05) is 23.8 Å². The van der Waals surface area contributed by atoms with Gasteiger partial charge in [-0.1, -0.05) is 11.6 Å². The van der Waals surface area contributed by atoms with E-state index >= 15 is 0 Å². The number of nitrogen functional groups attached to an aromatic ring is 1. The van der Waals surface area contributed by atoms with Crippen LogP contribution in [0.15, 0.2) is 17.0 Å². The van der Waals surface area contributed by atoms with Gasteiger partial charge in [-0.3, -0.25) is 4.79 Å². The molecule has 0 bridgehead atoms. The SMILES string of the molecule is Cc1c(N)cc(Cl)cc1S(=O)(=O)N(C)CC(=O)NC(C)C. The molecule has 0 saturated heterocycles. The summed E-state index contributed by atoms with van der Waals surface area (Å²) in [6.45, 7) is 4.93. The molecule has 0 aliphatic rings. The number of benzene rings is 1. The number of amides is 1. The second kappa shape index (κ2) is 6.64. The molecule has 0 aromatic heterocycles. The number of nitrogens with one attached hydrogen (secondary N) is 1. The van der Waals surface area contributed by atoms with Gasteiger partial charge in [-0.25, -0.2) is 8.42 Å². The fourth-order valence-corrected chi connectivity index (χ4v) is 3.46.